The van der Waals surface area contributed by atoms with E-state index in [9.17, 15) is 18.3 Å². The van der Waals surface area contributed by atoms with Gasteiger partial charge in [0.1, 0.15) is 5.69 Å². The maximum Gasteiger partial charge on any atom is 0.433 e. The Morgan fingerprint density at radius 2 is 1.76 bits per heavy atom. The van der Waals surface area contributed by atoms with Gasteiger partial charge in [-0.2, -0.15) is 13.2 Å². The van der Waals surface area contributed by atoms with E-state index in [-0.39, 0.29) is 20.9 Å². The van der Waals surface area contributed by atoms with Crippen molar-refractivity contribution in [3.05, 3.63) is 33.9 Å². The maximum atomic E-state index is 12.4. The minimum atomic E-state index is -4.68. The minimum absolute atomic E-state index is 0.0151. The number of halogens is 5. The molecule has 0 saturated heterocycles. The van der Waals surface area contributed by atoms with Crippen LogP contribution in [0.1, 0.15) is 5.69 Å². The maximum absolute atomic E-state index is 12.4. The van der Waals surface area contributed by atoms with Crippen molar-refractivity contribution in [2.24, 2.45) is 0 Å². The first-order valence-electron chi connectivity index (χ1n) is 4.33. The molecule has 0 bridgehead atoms. The van der Waals surface area contributed by atoms with E-state index in [1.807, 2.05) is 0 Å². The minimum Gasteiger partial charge on any atom is -0.872 e. The average Bonchev–Trinajstić information content (AvgIpc) is 2.13. The third-order valence-electron chi connectivity index (χ3n) is 2.08. The number of hydrogen-bond acceptors (Lipinski definition) is 2. The number of benzene rings is 1. The second-order valence-electron chi connectivity index (χ2n) is 3.29. The van der Waals surface area contributed by atoms with Gasteiger partial charge >= 0.3 is 6.18 Å². The van der Waals surface area contributed by atoms with Crippen LogP contribution in [0, 0.1) is 0 Å². The first kappa shape index (κ1) is 12.3. The van der Waals surface area contributed by atoms with Crippen LogP contribution in [0.2, 0.25) is 10.0 Å². The number of rotatable bonds is 0. The first-order chi connectivity index (χ1) is 7.79. The molecule has 0 N–H and O–H groups in total. The molecule has 0 aliphatic rings. The molecule has 0 atom stereocenters. The molecule has 0 radical (unpaired) electrons. The summed E-state index contributed by atoms with van der Waals surface area (Å²) in [5, 5.41) is 11.5. The van der Waals surface area contributed by atoms with Crippen molar-refractivity contribution in [3.63, 3.8) is 0 Å². The molecule has 0 fully saturated rings. The lowest BCUT2D eigenvalue weighted by molar-refractivity contribution is -0.266. The second kappa shape index (κ2) is 3.92. The zero-order valence-corrected chi connectivity index (χ0v) is 9.49. The van der Waals surface area contributed by atoms with Crippen LogP contribution in [0.5, 0.6) is 5.75 Å². The van der Waals surface area contributed by atoms with Gasteiger partial charge in [0, 0.05) is 10.4 Å². The van der Waals surface area contributed by atoms with Crippen molar-refractivity contribution in [3.8, 4) is 5.75 Å². The lowest BCUT2D eigenvalue weighted by Gasteiger charge is -2.15. The summed E-state index contributed by atoms with van der Waals surface area (Å²) >= 11 is 11.4. The molecule has 2 nitrogen and oxygen atoms in total. The summed E-state index contributed by atoms with van der Waals surface area (Å²) in [5.41, 5.74) is -1.42. The van der Waals surface area contributed by atoms with Gasteiger partial charge in [0.25, 0.3) is 0 Å². The average molecular weight is 281 g/mol. The summed E-state index contributed by atoms with van der Waals surface area (Å²) in [6.07, 6.45) is -4.68. The van der Waals surface area contributed by atoms with Crippen LogP contribution >= 0.6 is 23.2 Å². The van der Waals surface area contributed by atoms with Crippen LogP contribution in [-0.4, -0.2) is 4.98 Å². The summed E-state index contributed by atoms with van der Waals surface area (Å²) < 4.78 is 37.3. The van der Waals surface area contributed by atoms with Crippen molar-refractivity contribution in [2.75, 3.05) is 0 Å². The Kier molecular flexibility index (Phi) is 2.83. The third kappa shape index (κ3) is 2.25. The molecular weight excluding hydrogens is 278 g/mol. The third-order valence-corrected chi connectivity index (χ3v) is 2.60. The van der Waals surface area contributed by atoms with Gasteiger partial charge in [-0.1, -0.05) is 29.0 Å². The van der Waals surface area contributed by atoms with E-state index in [1.54, 1.807) is 0 Å². The zero-order chi connectivity index (χ0) is 12.8. The van der Waals surface area contributed by atoms with Gasteiger partial charge in [0.15, 0.2) is 0 Å². The van der Waals surface area contributed by atoms with E-state index >= 15 is 0 Å². The van der Waals surface area contributed by atoms with Gasteiger partial charge in [-0.05, 0) is 18.2 Å². The molecule has 1 heterocycles. The van der Waals surface area contributed by atoms with Crippen molar-refractivity contribution < 1.29 is 18.3 Å². The molecule has 0 spiro atoms. The fourth-order valence-electron chi connectivity index (χ4n) is 1.40. The monoisotopic (exact) mass is 280 g/mol. The van der Waals surface area contributed by atoms with Crippen LogP contribution < -0.4 is 5.11 Å². The molecule has 1 aromatic heterocycles. The SMILES string of the molecule is [O-]c1cc(C(F)(F)F)nc2cc(Cl)cc(Cl)c12. The van der Waals surface area contributed by atoms with Crippen LogP contribution in [0.15, 0.2) is 18.2 Å². The van der Waals surface area contributed by atoms with E-state index in [0.29, 0.717) is 6.07 Å². The number of pyridine rings is 1. The molecule has 0 unspecified atom stereocenters. The predicted molar refractivity (Wildman–Crippen MR) is 56.2 cm³/mol. The molecule has 0 amide bonds. The highest BCUT2D eigenvalue weighted by Crippen LogP contribution is 2.36. The van der Waals surface area contributed by atoms with E-state index in [0.717, 1.165) is 0 Å². The van der Waals surface area contributed by atoms with Crippen molar-refractivity contribution in [2.45, 2.75) is 6.18 Å². The van der Waals surface area contributed by atoms with Crippen molar-refractivity contribution >= 4 is 34.1 Å². The Bertz CT molecular complexity index is 598. The number of nitrogens with zero attached hydrogens (tertiary/aromatic N) is 1. The Hall–Kier alpha value is -1.20. The van der Waals surface area contributed by atoms with Crippen LogP contribution in [0.3, 0.4) is 0 Å². The second-order valence-corrected chi connectivity index (χ2v) is 4.13. The summed E-state index contributed by atoms with van der Waals surface area (Å²) in [6.45, 7) is 0. The van der Waals surface area contributed by atoms with Crippen LogP contribution in [0.4, 0.5) is 13.2 Å². The molecule has 0 aliphatic heterocycles. The van der Waals surface area contributed by atoms with Gasteiger partial charge in [-0.25, -0.2) is 4.98 Å². The highest BCUT2D eigenvalue weighted by Gasteiger charge is 2.32. The van der Waals surface area contributed by atoms with E-state index in [4.69, 9.17) is 23.2 Å². The summed E-state index contributed by atoms with van der Waals surface area (Å²) in [5.74, 6) is -0.830. The number of aromatic nitrogens is 1. The predicted octanol–water partition coefficient (Wildman–Crippen LogP) is 3.63. The van der Waals surface area contributed by atoms with Crippen LogP contribution in [0.25, 0.3) is 10.9 Å². The standard InChI is InChI=1S/C10H4Cl2F3NO/c11-4-1-5(12)9-6(2-4)16-8(3-7(9)17)10(13,14)15/h1-3H,(H,16,17)/p-1. The van der Waals surface area contributed by atoms with Gasteiger partial charge < -0.3 is 5.11 Å². The molecule has 90 valence electrons. The molecule has 2 aromatic rings. The topological polar surface area (TPSA) is 36.0 Å². The molecule has 0 saturated carbocycles. The molecule has 2 rings (SSSR count). The van der Waals surface area contributed by atoms with Crippen LogP contribution in [-0.2, 0) is 6.18 Å². The first-order valence-corrected chi connectivity index (χ1v) is 5.08. The van der Waals surface area contributed by atoms with Crippen molar-refractivity contribution in [1.29, 1.82) is 0 Å². The van der Waals surface area contributed by atoms with E-state index < -0.39 is 17.6 Å². The highest BCUT2D eigenvalue weighted by atomic mass is 35.5. The van der Waals surface area contributed by atoms with E-state index in [1.165, 1.54) is 12.1 Å². The summed E-state index contributed by atoms with van der Waals surface area (Å²) in [6, 6.07) is 2.86. The van der Waals surface area contributed by atoms with Gasteiger partial charge in [0.2, 0.25) is 0 Å². The van der Waals surface area contributed by atoms with Gasteiger partial charge in [0.05, 0.1) is 10.5 Å². The fraction of sp³-hybridized carbons (Fsp3) is 0.100. The van der Waals surface area contributed by atoms with Gasteiger partial charge in [-0.15, -0.1) is 0 Å². The van der Waals surface area contributed by atoms with Gasteiger partial charge in [-0.3, -0.25) is 0 Å². The molecule has 17 heavy (non-hydrogen) atoms. The normalized spacial score (nSPS) is 12.1. The quantitative estimate of drug-likeness (QED) is 0.739. The largest absolute Gasteiger partial charge is 0.872 e. The Morgan fingerprint density at radius 1 is 1.12 bits per heavy atom. The number of alkyl halides is 3. The molecule has 7 heteroatoms. The number of hydrogen-bond donors (Lipinski definition) is 0. The Balaban J connectivity index is 2.82. The summed E-state index contributed by atoms with van der Waals surface area (Å²) in [7, 11) is 0. The Labute approximate surface area is 104 Å². The van der Waals surface area contributed by atoms with E-state index in [2.05, 4.69) is 4.98 Å². The fourth-order valence-corrected chi connectivity index (χ4v) is 1.97. The summed E-state index contributed by atoms with van der Waals surface area (Å²) in [4.78, 5) is 3.34. The smallest absolute Gasteiger partial charge is 0.433 e. The van der Waals surface area contributed by atoms with Crippen molar-refractivity contribution in [1.82, 2.24) is 4.98 Å². The number of fused-ring (bicyclic) bond motifs is 1. The lowest BCUT2D eigenvalue weighted by Crippen LogP contribution is -2.09. The molecule has 1 aromatic carbocycles. The highest BCUT2D eigenvalue weighted by molar-refractivity contribution is 6.38. The molecule has 0 aliphatic carbocycles. The lowest BCUT2D eigenvalue weighted by atomic mass is 10.2. The Morgan fingerprint density at radius 3 is 2.35 bits per heavy atom. The molecular formula is C10H3Cl2F3NO-. The zero-order valence-electron chi connectivity index (χ0n) is 7.98.